The van der Waals surface area contributed by atoms with Crippen LogP contribution in [0.4, 0.5) is 0 Å². The Morgan fingerprint density at radius 2 is 1.13 bits per heavy atom. The summed E-state index contributed by atoms with van der Waals surface area (Å²) >= 11 is 0. The lowest BCUT2D eigenvalue weighted by atomic mass is 9.99. The average molecular weight is 664 g/mol. The molecular formula is C47H29N5. The van der Waals surface area contributed by atoms with Crippen molar-refractivity contribution < 1.29 is 0 Å². The highest BCUT2D eigenvalue weighted by molar-refractivity contribution is 6.25. The van der Waals surface area contributed by atoms with Gasteiger partial charge in [0.1, 0.15) is 5.65 Å². The Balaban J connectivity index is 1.24. The smallest absolute Gasteiger partial charge is 0.145 e. The van der Waals surface area contributed by atoms with Gasteiger partial charge in [-0.2, -0.15) is 5.26 Å². The number of benzene rings is 6. The van der Waals surface area contributed by atoms with Crippen molar-refractivity contribution in [1.29, 1.82) is 5.26 Å². The summed E-state index contributed by atoms with van der Waals surface area (Å²) in [6.07, 6.45) is 1.87. The summed E-state index contributed by atoms with van der Waals surface area (Å²) in [4.78, 5) is 10.2. The molecule has 52 heavy (non-hydrogen) atoms. The lowest BCUT2D eigenvalue weighted by Crippen LogP contribution is -1.97. The monoisotopic (exact) mass is 663 g/mol. The van der Waals surface area contributed by atoms with E-state index in [-0.39, 0.29) is 0 Å². The number of rotatable bonds is 5. The van der Waals surface area contributed by atoms with Crippen molar-refractivity contribution in [2.24, 2.45) is 0 Å². The fourth-order valence-corrected chi connectivity index (χ4v) is 7.67. The van der Waals surface area contributed by atoms with Gasteiger partial charge in [-0.25, -0.2) is 9.97 Å². The molecule has 0 unspecified atom stereocenters. The molecule has 0 N–H and O–H groups in total. The summed E-state index contributed by atoms with van der Waals surface area (Å²) < 4.78 is 4.68. The molecule has 242 valence electrons. The minimum Gasteiger partial charge on any atom is -0.309 e. The number of nitrogens with zero attached hydrogens (tertiary/aromatic N) is 5. The standard InChI is InChI=1S/C47H29N5/c48-30-31-12-9-15-33(26-31)41-28-35(32-13-3-1-4-14-32)29-42(50-41)34-16-10-19-37(27-34)52-46-38(39-21-11-25-49-47(39)52)23-24-44-45(46)40-20-7-8-22-43(40)51(44)36-17-5-2-6-18-36/h1-29H. The number of nitriles is 1. The number of para-hydroxylation sites is 2. The molecule has 0 aliphatic carbocycles. The maximum Gasteiger partial charge on any atom is 0.145 e. The van der Waals surface area contributed by atoms with Crippen LogP contribution in [-0.4, -0.2) is 19.1 Å². The van der Waals surface area contributed by atoms with Crippen molar-refractivity contribution in [3.05, 3.63) is 182 Å². The summed E-state index contributed by atoms with van der Waals surface area (Å²) in [5, 5.41) is 14.3. The van der Waals surface area contributed by atoms with E-state index in [0.29, 0.717) is 5.56 Å². The van der Waals surface area contributed by atoms with Gasteiger partial charge in [0, 0.05) is 50.2 Å². The molecule has 10 rings (SSSR count). The fourth-order valence-electron chi connectivity index (χ4n) is 7.67. The predicted octanol–water partition coefficient (Wildman–Crippen LogP) is 11.5. The lowest BCUT2D eigenvalue weighted by molar-refractivity contribution is 1.14. The van der Waals surface area contributed by atoms with Gasteiger partial charge in [-0.05, 0) is 83.9 Å². The van der Waals surface area contributed by atoms with Gasteiger partial charge in [0.05, 0.1) is 39.6 Å². The number of fused-ring (bicyclic) bond motifs is 7. The third kappa shape index (κ3) is 4.70. The quantitative estimate of drug-likeness (QED) is 0.184. The van der Waals surface area contributed by atoms with E-state index in [1.807, 2.05) is 42.6 Å². The second kappa shape index (κ2) is 11.9. The van der Waals surface area contributed by atoms with E-state index in [4.69, 9.17) is 9.97 Å². The third-order valence-corrected chi connectivity index (χ3v) is 9.96. The molecule has 6 aromatic carbocycles. The van der Waals surface area contributed by atoms with Crippen molar-refractivity contribution in [3.63, 3.8) is 0 Å². The van der Waals surface area contributed by atoms with E-state index < -0.39 is 0 Å². The van der Waals surface area contributed by atoms with E-state index in [1.54, 1.807) is 0 Å². The first kappa shape index (κ1) is 29.6. The van der Waals surface area contributed by atoms with Gasteiger partial charge >= 0.3 is 0 Å². The van der Waals surface area contributed by atoms with Crippen molar-refractivity contribution in [3.8, 4) is 51.1 Å². The van der Waals surface area contributed by atoms with Crippen molar-refractivity contribution in [2.75, 3.05) is 0 Å². The maximum atomic E-state index is 9.65. The molecule has 0 aliphatic rings. The fraction of sp³-hybridized carbons (Fsp3) is 0. The van der Waals surface area contributed by atoms with Crippen LogP contribution in [0.3, 0.4) is 0 Å². The first-order chi connectivity index (χ1) is 25.7. The van der Waals surface area contributed by atoms with Gasteiger partial charge in [-0.3, -0.25) is 4.57 Å². The second-order valence-electron chi connectivity index (χ2n) is 13.0. The average Bonchev–Trinajstić information content (AvgIpc) is 3.74. The van der Waals surface area contributed by atoms with E-state index in [2.05, 4.69) is 149 Å². The van der Waals surface area contributed by atoms with Gasteiger partial charge in [0.2, 0.25) is 0 Å². The minimum atomic E-state index is 0.603. The molecule has 0 aliphatic heterocycles. The normalized spacial score (nSPS) is 11.4. The molecule has 0 fully saturated rings. The molecule has 10 aromatic rings. The Morgan fingerprint density at radius 3 is 1.94 bits per heavy atom. The highest BCUT2D eigenvalue weighted by Crippen LogP contribution is 2.42. The molecule has 5 nitrogen and oxygen atoms in total. The molecule has 0 atom stereocenters. The van der Waals surface area contributed by atoms with Crippen LogP contribution in [0.25, 0.3) is 88.8 Å². The van der Waals surface area contributed by atoms with Gasteiger partial charge in [0.25, 0.3) is 0 Å². The molecule has 0 radical (unpaired) electrons. The van der Waals surface area contributed by atoms with E-state index in [1.165, 1.54) is 10.8 Å². The molecule has 4 aromatic heterocycles. The van der Waals surface area contributed by atoms with Crippen LogP contribution < -0.4 is 0 Å². The summed E-state index contributed by atoms with van der Waals surface area (Å²) in [7, 11) is 0. The van der Waals surface area contributed by atoms with Crippen molar-refractivity contribution in [2.45, 2.75) is 0 Å². The Bertz CT molecular complexity index is 3020. The van der Waals surface area contributed by atoms with Crippen LogP contribution >= 0.6 is 0 Å². The lowest BCUT2D eigenvalue weighted by Gasteiger charge is -2.13. The first-order valence-electron chi connectivity index (χ1n) is 17.3. The minimum absolute atomic E-state index is 0.603. The molecular weight excluding hydrogens is 635 g/mol. The van der Waals surface area contributed by atoms with Gasteiger partial charge in [0.15, 0.2) is 0 Å². The number of hydrogen-bond donors (Lipinski definition) is 0. The number of hydrogen-bond acceptors (Lipinski definition) is 3. The zero-order valence-corrected chi connectivity index (χ0v) is 28.0. The van der Waals surface area contributed by atoms with Crippen LogP contribution in [0.5, 0.6) is 0 Å². The second-order valence-corrected chi connectivity index (χ2v) is 13.0. The molecule has 4 heterocycles. The molecule has 0 saturated carbocycles. The van der Waals surface area contributed by atoms with Crippen LogP contribution in [0.1, 0.15) is 5.56 Å². The highest BCUT2D eigenvalue weighted by Gasteiger charge is 2.21. The van der Waals surface area contributed by atoms with Crippen molar-refractivity contribution >= 4 is 43.7 Å². The summed E-state index contributed by atoms with van der Waals surface area (Å²) in [6, 6.07) is 61.1. The van der Waals surface area contributed by atoms with Crippen molar-refractivity contribution in [1.82, 2.24) is 19.1 Å². The van der Waals surface area contributed by atoms with Crippen LogP contribution in [0, 0.1) is 11.3 Å². The summed E-state index contributed by atoms with van der Waals surface area (Å²) in [5.74, 6) is 0. The molecule has 0 saturated heterocycles. The zero-order valence-electron chi connectivity index (χ0n) is 28.0. The Morgan fingerprint density at radius 1 is 0.462 bits per heavy atom. The molecule has 0 bridgehead atoms. The third-order valence-electron chi connectivity index (χ3n) is 9.96. The highest BCUT2D eigenvalue weighted by atomic mass is 15.1. The van der Waals surface area contributed by atoms with Crippen LogP contribution in [0.2, 0.25) is 0 Å². The van der Waals surface area contributed by atoms with Gasteiger partial charge in [-0.1, -0.05) is 97.1 Å². The Kier molecular flexibility index (Phi) is 6.80. The first-order valence-corrected chi connectivity index (χ1v) is 17.3. The zero-order chi connectivity index (χ0) is 34.6. The summed E-state index contributed by atoms with van der Waals surface area (Å²) in [5.41, 5.74) is 12.7. The predicted molar refractivity (Wildman–Crippen MR) is 212 cm³/mol. The summed E-state index contributed by atoms with van der Waals surface area (Å²) in [6.45, 7) is 0. The largest absolute Gasteiger partial charge is 0.309 e. The molecule has 0 amide bonds. The van der Waals surface area contributed by atoms with E-state index >= 15 is 0 Å². The molecule has 5 heteroatoms. The maximum absolute atomic E-state index is 9.65. The molecule has 0 spiro atoms. The SMILES string of the molecule is N#Cc1cccc(-c2cc(-c3ccccc3)cc(-c3cccc(-n4c5ncccc5c5ccc6c(c7ccccc7n6-c6ccccc6)c54)c3)n2)c1. The number of pyridine rings is 2. The Labute approximate surface area is 299 Å². The van der Waals surface area contributed by atoms with Gasteiger partial charge < -0.3 is 4.57 Å². The van der Waals surface area contributed by atoms with Crippen LogP contribution in [0.15, 0.2) is 176 Å². The van der Waals surface area contributed by atoms with Gasteiger partial charge in [-0.15, -0.1) is 0 Å². The number of aromatic nitrogens is 4. The van der Waals surface area contributed by atoms with Crippen LogP contribution in [-0.2, 0) is 0 Å². The Hall–Kier alpha value is -7.29. The topological polar surface area (TPSA) is 59.4 Å². The van der Waals surface area contributed by atoms with E-state index in [9.17, 15) is 5.26 Å². The van der Waals surface area contributed by atoms with E-state index in [0.717, 1.165) is 78.0 Å².